The van der Waals surface area contributed by atoms with Crippen LogP contribution in [0.4, 0.5) is 0 Å². The van der Waals surface area contributed by atoms with Gasteiger partial charge in [0.2, 0.25) is 0 Å². The number of allylic oxidation sites excluding steroid dienone is 10. The third kappa shape index (κ3) is 59.9. The van der Waals surface area contributed by atoms with E-state index in [9.17, 15) is 14.4 Å². The standard InChI is InChI=1S/C67H120O6/c1-4-7-10-13-16-19-22-25-28-31-34-37-39-42-45-48-51-54-57-60-66(69)72-63-64(73-67(70)61-58-55-52-49-46-43-40-36-33-30-27-24-21-18-15-12-9-6-3)62-71-65(68)59-56-53-50-47-44-41-38-35-32-29-26-23-20-17-14-11-8-5-2/h16,19,21,24-25,28,30,33-34,37,64H,4-15,17-18,20,22-23,26-27,29,31-32,35-36,38-63H2,1-3H3/b19-16-,24-21-,28-25-,33-30-,37-34-. The fourth-order valence-electron chi connectivity index (χ4n) is 9.19. The van der Waals surface area contributed by atoms with Crippen LogP contribution in [0.25, 0.3) is 0 Å². The summed E-state index contributed by atoms with van der Waals surface area (Å²) in [7, 11) is 0. The molecule has 0 radical (unpaired) electrons. The topological polar surface area (TPSA) is 78.9 Å². The summed E-state index contributed by atoms with van der Waals surface area (Å²) in [5.74, 6) is -0.881. The van der Waals surface area contributed by atoms with Crippen LogP contribution in [0.5, 0.6) is 0 Å². The average molecular weight is 1020 g/mol. The molecule has 0 aromatic rings. The van der Waals surface area contributed by atoms with Crippen LogP contribution in [-0.4, -0.2) is 37.2 Å². The van der Waals surface area contributed by atoms with Crippen LogP contribution in [0.15, 0.2) is 60.8 Å². The van der Waals surface area contributed by atoms with Gasteiger partial charge in [0.15, 0.2) is 6.10 Å². The second-order valence-electron chi connectivity index (χ2n) is 21.3. The van der Waals surface area contributed by atoms with Gasteiger partial charge in [-0.2, -0.15) is 0 Å². The van der Waals surface area contributed by atoms with E-state index in [1.54, 1.807) is 0 Å². The number of rotatable bonds is 58. The molecule has 6 heteroatoms. The highest BCUT2D eigenvalue weighted by Gasteiger charge is 2.19. The number of carbonyl (C=O) groups excluding carboxylic acids is 3. The molecular weight excluding hydrogens is 901 g/mol. The van der Waals surface area contributed by atoms with Gasteiger partial charge in [-0.05, 0) is 89.9 Å². The van der Waals surface area contributed by atoms with Crippen molar-refractivity contribution in [2.45, 2.75) is 335 Å². The van der Waals surface area contributed by atoms with Gasteiger partial charge in [0, 0.05) is 19.3 Å². The first kappa shape index (κ1) is 70.1. The molecular formula is C67H120O6. The van der Waals surface area contributed by atoms with Crippen molar-refractivity contribution in [1.82, 2.24) is 0 Å². The van der Waals surface area contributed by atoms with E-state index in [1.807, 2.05) is 0 Å². The summed E-state index contributed by atoms with van der Waals surface area (Å²) in [5, 5.41) is 0. The van der Waals surface area contributed by atoms with Crippen molar-refractivity contribution in [3.63, 3.8) is 0 Å². The predicted molar refractivity (Wildman–Crippen MR) is 316 cm³/mol. The number of esters is 3. The van der Waals surface area contributed by atoms with Crippen molar-refractivity contribution in [2.75, 3.05) is 13.2 Å². The molecule has 1 unspecified atom stereocenters. The highest BCUT2D eigenvalue weighted by Crippen LogP contribution is 2.17. The molecule has 0 bridgehead atoms. The fourth-order valence-corrected chi connectivity index (χ4v) is 9.19. The minimum Gasteiger partial charge on any atom is -0.462 e. The van der Waals surface area contributed by atoms with Gasteiger partial charge in [0.1, 0.15) is 13.2 Å². The molecule has 0 rings (SSSR count). The van der Waals surface area contributed by atoms with Crippen molar-refractivity contribution < 1.29 is 28.6 Å². The molecule has 0 heterocycles. The highest BCUT2D eigenvalue weighted by atomic mass is 16.6. The lowest BCUT2D eigenvalue weighted by Gasteiger charge is -2.18. The van der Waals surface area contributed by atoms with E-state index < -0.39 is 6.10 Å². The van der Waals surface area contributed by atoms with Crippen LogP contribution < -0.4 is 0 Å². The Hall–Kier alpha value is -2.89. The maximum Gasteiger partial charge on any atom is 0.306 e. The van der Waals surface area contributed by atoms with Gasteiger partial charge in [-0.15, -0.1) is 0 Å². The minimum atomic E-state index is -0.784. The molecule has 0 saturated heterocycles. The smallest absolute Gasteiger partial charge is 0.306 e. The van der Waals surface area contributed by atoms with Gasteiger partial charge >= 0.3 is 17.9 Å². The molecule has 0 spiro atoms. The first-order valence-electron chi connectivity index (χ1n) is 31.8. The van der Waals surface area contributed by atoms with Crippen LogP contribution in [0.2, 0.25) is 0 Å². The van der Waals surface area contributed by atoms with Crippen molar-refractivity contribution in [3.05, 3.63) is 60.8 Å². The maximum absolute atomic E-state index is 12.9. The van der Waals surface area contributed by atoms with Crippen molar-refractivity contribution in [2.24, 2.45) is 0 Å². The summed E-state index contributed by atoms with van der Waals surface area (Å²) in [4.78, 5) is 38.3. The first-order valence-corrected chi connectivity index (χ1v) is 31.8. The highest BCUT2D eigenvalue weighted by molar-refractivity contribution is 5.71. The zero-order valence-electron chi connectivity index (χ0n) is 48.7. The summed E-state index contributed by atoms with van der Waals surface area (Å²) in [6.07, 6.45) is 77.8. The van der Waals surface area contributed by atoms with Crippen LogP contribution >= 0.6 is 0 Å². The number of carbonyl (C=O) groups is 3. The summed E-state index contributed by atoms with van der Waals surface area (Å²) < 4.78 is 16.9. The van der Waals surface area contributed by atoms with Gasteiger partial charge in [0.25, 0.3) is 0 Å². The molecule has 0 saturated carbocycles. The second kappa shape index (κ2) is 61.7. The Morgan fingerprint density at radius 2 is 0.493 bits per heavy atom. The molecule has 1 atom stereocenters. The van der Waals surface area contributed by atoms with Gasteiger partial charge in [-0.3, -0.25) is 14.4 Å². The Bertz CT molecular complexity index is 1310. The monoisotopic (exact) mass is 1020 g/mol. The van der Waals surface area contributed by atoms with Crippen molar-refractivity contribution >= 4 is 17.9 Å². The molecule has 73 heavy (non-hydrogen) atoms. The lowest BCUT2D eigenvalue weighted by atomic mass is 10.0. The van der Waals surface area contributed by atoms with Gasteiger partial charge in [0.05, 0.1) is 0 Å². The lowest BCUT2D eigenvalue weighted by Crippen LogP contribution is -2.30. The molecule has 0 aliphatic rings. The SMILES string of the molecule is CCCCC/C=C\C/C=C\C/C=C\CCCCCCCCC(=O)OCC(COC(=O)CCCCCCCCCCCCCCCCCCCC)OC(=O)CCCCCCCCC/C=C\C/C=C\CCCCCC. The molecule has 6 nitrogen and oxygen atoms in total. The first-order chi connectivity index (χ1) is 36.0. The van der Waals surface area contributed by atoms with Crippen LogP contribution in [0.3, 0.4) is 0 Å². The lowest BCUT2D eigenvalue weighted by molar-refractivity contribution is -0.167. The third-order valence-corrected chi connectivity index (χ3v) is 14.0. The minimum absolute atomic E-state index is 0.0787. The summed E-state index contributed by atoms with van der Waals surface area (Å²) in [6, 6.07) is 0. The van der Waals surface area contributed by atoms with E-state index in [1.165, 1.54) is 199 Å². The van der Waals surface area contributed by atoms with E-state index >= 15 is 0 Å². The number of ether oxygens (including phenoxy) is 3. The Morgan fingerprint density at radius 1 is 0.274 bits per heavy atom. The number of unbranched alkanes of at least 4 members (excludes halogenated alkanes) is 37. The summed E-state index contributed by atoms with van der Waals surface area (Å²) >= 11 is 0. The van der Waals surface area contributed by atoms with Crippen LogP contribution in [0.1, 0.15) is 329 Å². The Labute approximate surface area is 453 Å². The van der Waals surface area contributed by atoms with Crippen molar-refractivity contribution in [3.8, 4) is 0 Å². The van der Waals surface area contributed by atoms with E-state index in [0.717, 1.165) is 89.9 Å². The van der Waals surface area contributed by atoms with E-state index in [0.29, 0.717) is 19.3 Å². The Morgan fingerprint density at radius 3 is 0.808 bits per heavy atom. The molecule has 424 valence electrons. The molecule has 0 aliphatic carbocycles. The molecule has 0 aromatic carbocycles. The average Bonchev–Trinajstić information content (AvgIpc) is 3.39. The summed E-state index contributed by atoms with van der Waals surface area (Å²) in [5.41, 5.74) is 0. The Balaban J connectivity index is 4.39. The fraction of sp³-hybridized carbons (Fsp3) is 0.806. The zero-order valence-corrected chi connectivity index (χ0v) is 48.7. The summed E-state index contributed by atoms with van der Waals surface area (Å²) in [6.45, 7) is 6.63. The zero-order chi connectivity index (χ0) is 52.9. The van der Waals surface area contributed by atoms with Crippen LogP contribution in [-0.2, 0) is 28.6 Å². The van der Waals surface area contributed by atoms with Crippen molar-refractivity contribution in [1.29, 1.82) is 0 Å². The molecule has 0 amide bonds. The second-order valence-corrected chi connectivity index (χ2v) is 21.3. The normalized spacial score (nSPS) is 12.4. The third-order valence-electron chi connectivity index (χ3n) is 14.0. The largest absolute Gasteiger partial charge is 0.462 e. The van der Waals surface area contributed by atoms with Gasteiger partial charge in [-0.25, -0.2) is 0 Å². The van der Waals surface area contributed by atoms with Gasteiger partial charge < -0.3 is 14.2 Å². The van der Waals surface area contributed by atoms with E-state index in [-0.39, 0.29) is 31.1 Å². The van der Waals surface area contributed by atoms with Crippen LogP contribution in [0, 0.1) is 0 Å². The number of hydrogen-bond acceptors (Lipinski definition) is 6. The number of hydrogen-bond donors (Lipinski definition) is 0. The van der Waals surface area contributed by atoms with E-state index in [2.05, 4.69) is 81.5 Å². The molecule has 0 fully saturated rings. The quantitative estimate of drug-likeness (QED) is 0.0261. The van der Waals surface area contributed by atoms with Gasteiger partial charge in [-0.1, -0.05) is 281 Å². The predicted octanol–water partition coefficient (Wildman–Crippen LogP) is 21.6. The Kier molecular flexibility index (Phi) is 59.2. The molecule has 0 aliphatic heterocycles. The molecule has 0 N–H and O–H groups in total. The maximum atomic E-state index is 12.9. The molecule has 0 aromatic heterocycles. The van der Waals surface area contributed by atoms with E-state index in [4.69, 9.17) is 14.2 Å².